The van der Waals surface area contributed by atoms with Crippen molar-refractivity contribution in [1.29, 1.82) is 0 Å². The highest BCUT2D eigenvalue weighted by atomic mass is 127. The highest BCUT2D eigenvalue weighted by Crippen LogP contribution is 2.42. The van der Waals surface area contributed by atoms with Gasteiger partial charge in [0.15, 0.2) is 9.71 Å². The standard InChI is InChI=1S/C9H8F3IN2O/c10-9(11,12)8(13)7-6-4(14-15-7)2-1-3-5(6)16/h8H,1-3H2,(H,14,15). The summed E-state index contributed by atoms with van der Waals surface area (Å²) >= 11 is 1.27. The van der Waals surface area contributed by atoms with Crippen LogP contribution in [0.1, 0.15) is 38.5 Å². The van der Waals surface area contributed by atoms with Crippen molar-refractivity contribution >= 4 is 28.4 Å². The minimum absolute atomic E-state index is 0.156. The topological polar surface area (TPSA) is 45.8 Å². The second-order valence-corrected chi connectivity index (χ2v) is 4.89. The Balaban J connectivity index is 2.44. The van der Waals surface area contributed by atoms with E-state index in [0.29, 0.717) is 25.0 Å². The van der Waals surface area contributed by atoms with E-state index in [0.717, 1.165) is 0 Å². The molecule has 0 saturated heterocycles. The highest BCUT2D eigenvalue weighted by Gasteiger charge is 2.43. The number of hydrogen-bond acceptors (Lipinski definition) is 2. The molecule has 0 aromatic carbocycles. The van der Waals surface area contributed by atoms with Crippen molar-refractivity contribution in [2.75, 3.05) is 0 Å². The number of hydrogen-bond donors (Lipinski definition) is 1. The number of aryl methyl sites for hydroxylation is 1. The summed E-state index contributed by atoms with van der Waals surface area (Å²) in [5.41, 5.74) is 0.521. The van der Waals surface area contributed by atoms with Crippen molar-refractivity contribution in [2.45, 2.75) is 29.4 Å². The van der Waals surface area contributed by atoms with E-state index in [1.807, 2.05) is 0 Å². The van der Waals surface area contributed by atoms with E-state index in [2.05, 4.69) is 10.2 Å². The van der Waals surface area contributed by atoms with E-state index in [4.69, 9.17) is 0 Å². The number of aromatic nitrogens is 2. The lowest BCUT2D eigenvalue weighted by atomic mass is 9.94. The van der Waals surface area contributed by atoms with E-state index in [9.17, 15) is 18.0 Å². The molecule has 1 aliphatic carbocycles. The minimum Gasteiger partial charge on any atom is -0.294 e. The Bertz CT molecular complexity index is 427. The van der Waals surface area contributed by atoms with Crippen LogP contribution < -0.4 is 0 Å². The van der Waals surface area contributed by atoms with Crippen LogP contribution in [-0.2, 0) is 6.42 Å². The fourth-order valence-electron chi connectivity index (χ4n) is 1.78. The second kappa shape index (κ2) is 4.01. The number of alkyl halides is 4. The number of halogens is 4. The van der Waals surface area contributed by atoms with Crippen LogP contribution in [0.3, 0.4) is 0 Å². The average molecular weight is 344 g/mol. The summed E-state index contributed by atoms with van der Waals surface area (Å²) < 4.78 is 35.9. The fraction of sp³-hybridized carbons (Fsp3) is 0.556. The summed E-state index contributed by atoms with van der Waals surface area (Å²) in [5, 5.41) is 6.18. The van der Waals surface area contributed by atoms with Gasteiger partial charge in [-0.3, -0.25) is 9.89 Å². The van der Waals surface area contributed by atoms with Crippen molar-refractivity contribution < 1.29 is 18.0 Å². The maximum atomic E-state index is 12.5. The van der Waals surface area contributed by atoms with Crippen LogP contribution in [-0.4, -0.2) is 22.2 Å². The van der Waals surface area contributed by atoms with Gasteiger partial charge in [0.05, 0.1) is 11.3 Å². The predicted octanol–water partition coefficient (Wildman–Crippen LogP) is 2.97. The number of rotatable bonds is 1. The van der Waals surface area contributed by atoms with Gasteiger partial charge in [-0.1, -0.05) is 22.6 Å². The van der Waals surface area contributed by atoms with Gasteiger partial charge in [0.1, 0.15) is 0 Å². The Morgan fingerprint density at radius 2 is 2.06 bits per heavy atom. The van der Waals surface area contributed by atoms with Gasteiger partial charge >= 0.3 is 6.18 Å². The predicted molar refractivity (Wildman–Crippen MR) is 58.7 cm³/mol. The van der Waals surface area contributed by atoms with Crippen LogP contribution in [0.5, 0.6) is 0 Å². The molecular formula is C9H8F3IN2O. The van der Waals surface area contributed by atoms with Crippen LogP contribution in [0.2, 0.25) is 0 Å². The number of carbonyl (C=O) groups excluding carboxylic acids is 1. The summed E-state index contributed by atoms with van der Waals surface area (Å²) in [6, 6.07) is 0. The van der Waals surface area contributed by atoms with Crippen molar-refractivity contribution in [3.63, 3.8) is 0 Å². The molecule has 1 aromatic rings. The first-order valence-corrected chi connectivity index (χ1v) is 5.97. The first kappa shape index (κ1) is 11.9. The van der Waals surface area contributed by atoms with E-state index in [1.54, 1.807) is 0 Å². The van der Waals surface area contributed by atoms with Gasteiger partial charge in [0.25, 0.3) is 0 Å². The van der Waals surface area contributed by atoms with Crippen molar-refractivity contribution in [3.05, 3.63) is 17.0 Å². The molecule has 0 aliphatic heterocycles. The molecule has 2 rings (SSSR count). The first-order valence-electron chi connectivity index (χ1n) is 4.72. The Morgan fingerprint density at radius 3 is 2.69 bits per heavy atom. The number of carbonyl (C=O) groups is 1. The third-order valence-electron chi connectivity index (χ3n) is 2.51. The van der Waals surface area contributed by atoms with E-state index in [-0.39, 0.29) is 17.0 Å². The molecule has 88 valence electrons. The normalized spacial score (nSPS) is 18.4. The molecule has 0 spiro atoms. The van der Waals surface area contributed by atoms with E-state index in [1.165, 1.54) is 22.6 Å². The third kappa shape index (κ3) is 1.96. The molecule has 7 heteroatoms. The maximum Gasteiger partial charge on any atom is 0.406 e. The zero-order valence-corrected chi connectivity index (χ0v) is 10.2. The summed E-state index contributed by atoms with van der Waals surface area (Å²) in [6.07, 6.45) is -2.80. The van der Waals surface area contributed by atoms with Gasteiger partial charge in [-0.25, -0.2) is 0 Å². The second-order valence-electron chi connectivity index (χ2n) is 3.64. The highest BCUT2D eigenvalue weighted by molar-refractivity contribution is 14.1. The molecule has 0 bridgehead atoms. The molecule has 0 saturated carbocycles. The average Bonchev–Trinajstić information content (AvgIpc) is 2.60. The van der Waals surface area contributed by atoms with Crippen molar-refractivity contribution in [2.24, 2.45) is 0 Å². The number of nitrogens with one attached hydrogen (secondary N) is 1. The molecule has 1 N–H and O–H groups in total. The monoisotopic (exact) mass is 344 g/mol. The molecule has 0 radical (unpaired) electrons. The Morgan fingerprint density at radius 1 is 1.38 bits per heavy atom. The van der Waals surface area contributed by atoms with E-state index >= 15 is 0 Å². The van der Waals surface area contributed by atoms with Gasteiger partial charge in [-0.2, -0.15) is 18.3 Å². The summed E-state index contributed by atoms with van der Waals surface area (Å²) in [5.74, 6) is -0.240. The number of Topliss-reactive ketones (excluding diaryl/α,β-unsaturated/α-hetero) is 1. The number of nitrogens with zero attached hydrogens (tertiary/aromatic N) is 1. The minimum atomic E-state index is -4.37. The Hall–Kier alpha value is -0.600. The number of H-pyrrole nitrogens is 1. The summed E-state index contributed by atoms with van der Waals surface area (Å²) in [6.45, 7) is 0. The lowest BCUT2D eigenvalue weighted by molar-refractivity contribution is -0.126. The van der Waals surface area contributed by atoms with Gasteiger partial charge in [-0.05, 0) is 12.8 Å². The van der Waals surface area contributed by atoms with Gasteiger partial charge < -0.3 is 0 Å². The van der Waals surface area contributed by atoms with Crippen LogP contribution in [0, 0.1) is 0 Å². The molecular weight excluding hydrogens is 336 g/mol. The van der Waals surface area contributed by atoms with Crippen LogP contribution in [0.15, 0.2) is 0 Å². The Kier molecular flexibility index (Phi) is 2.97. The number of ketones is 1. The van der Waals surface area contributed by atoms with Crippen LogP contribution in [0.25, 0.3) is 0 Å². The van der Waals surface area contributed by atoms with Crippen molar-refractivity contribution in [3.8, 4) is 0 Å². The quantitative estimate of drug-likeness (QED) is 0.629. The summed E-state index contributed by atoms with van der Waals surface area (Å²) in [4.78, 5) is 11.6. The maximum absolute atomic E-state index is 12.5. The van der Waals surface area contributed by atoms with Crippen LogP contribution in [0.4, 0.5) is 13.2 Å². The Labute approximate surface area is 103 Å². The molecule has 3 nitrogen and oxygen atoms in total. The SMILES string of the molecule is O=C1CCCc2[nH]nc(C(I)C(F)(F)F)c21. The summed E-state index contributed by atoms with van der Waals surface area (Å²) in [7, 11) is 0. The number of fused-ring (bicyclic) bond motifs is 1. The zero-order chi connectivity index (χ0) is 11.9. The van der Waals surface area contributed by atoms with Crippen LogP contribution >= 0.6 is 22.6 Å². The molecule has 1 unspecified atom stereocenters. The molecule has 1 atom stereocenters. The molecule has 16 heavy (non-hydrogen) atoms. The zero-order valence-electron chi connectivity index (χ0n) is 8.07. The smallest absolute Gasteiger partial charge is 0.294 e. The number of aromatic amines is 1. The lowest BCUT2D eigenvalue weighted by Crippen LogP contribution is -2.19. The fourth-order valence-corrected chi connectivity index (χ4v) is 2.23. The third-order valence-corrected chi connectivity index (χ3v) is 3.80. The van der Waals surface area contributed by atoms with Crippen molar-refractivity contribution in [1.82, 2.24) is 10.2 Å². The molecule has 0 fully saturated rings. The molecule has 0 amide bonds. The first-order chi connectivity index (χ1) is 7.41. The van der Waals surface area contributed by atoms with Gasteiger partial charge in [-0.15, -0.1) is 0 Å². The molecule has 1 aliphatic rings. The lowest BCUT2D eigenvalue weighted by Gasteiger charge is -2.15. The van der Waals surface area contributed by atoms with Gasteiger partial charge in [0, 0.05) is 12.1 Å². The largest absolute Gasteiger partial charge is 0.406 e. The molecule has 1 heterocycles. The van der Waals surface area contributed by atoms with Gasteiger partial charge in [0.2, 0.25) is 0 Å². The van der Waals surface area contributed by atoms with E-state index < -0.39 is 10.1 Å². The molecule has 1 aromatic heterocycles.